The van der Waals surface area contributed by atoms with Crippen LogP contribution < -0.4 is 0 Å². The molecule has 0 saturated carbocycles. The summed E-state index contributed by atoms with van der Waals surface area (Å²) in [5, 5.41) is 0. The molecule has 0 spiro atoms. The first-order chi connectivity index (χ1) is 11.9. The van der Waals surface area contributed by atoms with Crippen molar-refractivity contribution in [1.29, 1.82) is 0 Å². The molecule has 2 rings (SSSR count). The summed E-state index contributed by atoms with van der Waals surface area (Å²) in [5.74, 6) is -0.713. The van der Waals surface area contributed by atoms with E-state index in [0.717, 1.165) is 19.3 Å². The lowest BCUT2D eigenvalue weighted by Crippen LogP contribution is -2.17. The number of hydrogen-bond donors (Lipinski definition) is 0. The van der Waals surface area contributed by atoms with Crippen LogP contribution in [0, 0.1) is 5.92 Å². The summed E-state index contributed by atoms with van der Waals surface area (Å²) in [6, 6.07) is 0. The topological polar surface area (TPSA) is 52.6 Å². The van der Waals surface area contributed by atoms with Gasteiger partial charge in [0.25, 0.3) is 0 Å². The van der Waals surface area contributed by atoms with Gasteiger partial charge in [-0.3, -0.25) is 0 Å². The minimum atomic E-state index is -0.322. The zero-order chi connectivity index (χ0) is 18.4. The average Bonchev–Trinajstić information content (AvgIpc) is 2.83. The Labute approximate surface area is 150 Å². The van der Waals surface area contributed by atoms with E-state index in [-0.39, 0.29) is 24.0 Å². The maximum atomic E-state index is 12.0. The van der Waals surface area contributed by atoms with Crippen LogP contribution in [0.4, 0.5) is 0 Å². The Kier molecular flexibility index (Phi) is 6.80. The number of allylic oxidation sites excluding steroid dienone is 4. The first kappa shape index (κ1) is 19.2. The number of fused-ring (bicyclic) bond motifs is 1. The van der Waals surface area contributed by atoms with Crippen LogP contribution in [0.1, 0.15) is 52.4 Å². The third-order valence-corrected chi connectivity index (χ3v) is 4.94. The van der Waals surface area contributed by atoms with E-state index in [2.05, 4.69) is 32.6 Å². The monoisotopic (exact) mass is 344 g/mol. The van der Waals surface area contributed by atoms with Gasteiger partial charge in [0.15, 0.2) is 0 Å². The van der Waals surface area contributed by atoms with Crippen molar-refractivity contribution >= 4 is 11.9 Å². The molecule has 2 aliphatic rings. The molecule has 0 bridgehead atoms. The predicted molar refractivity (Wildman–Crippen MR) is 97.8 cm³/mol. The Hall–Kier alpha value is -2.10. The normalized spacial score (nSPS) is 32.0. The smallest absolute Gasteiger partial charge is 0.334 e. The molecule has 0 aromatic heterocycles. The Morgan fingerprint density at radius 1 is 1.16 bits per heavy atom. The quantitative estimate of drug-likeness (QED) is 0.401. The SMILES string of the molecule is C=C1C(=O)O[C@H]2C/C(C)=C/CC/C(C)=C/CC/C(C(=O)OC)=C/C[C@H]12. The maximum Gasteiger partial charge on any atom is 0.334 e. The number of ether oxygens (including phenoxy) is 2. The van der Waals surface area contributed by atoms with E-state index in [0.29, 0.717) is 30.4 Å². The highest BCUT2D eigenvalue weighted by Gasteiger charge is 2.37. The Morgan fingerprint density at radius 3 is 2.56 bits per heavy atom. The van der Waals surface area contributed by atoms with E-state index in [9.17, 15) is 9.59 Å². The highest BCUT2D eigenvalue weighted by atomic mass is 16.6. The molecular formula is C21H28O4. The van der Waals surface area contributed by atoms with Crippen molar-refractivity contribution in [2.45, 2.75) is 58.5 Å². The van der Waals surface area contributed by atoms with Gasteiger partial charge in [-0.25, -0.2) is 9.59 Å². The van der Waals surface area contributed by atoms with Gasteiger partial charge in [0.2, 0.25) is 0 Å². The third-order valence-electron chi connectivity index (χ3n) is 4.94. The average molecular weight is 344 g/mol. The zero-order valence-corrected chi connectivity index (χ0v) is 15.5. The molecule has 0 amide bonds. The maximum absolute atomic E-state index is 12.0. The Balaban J connectivity index is 2.28. The predicted octanol–water partition coefficient (Wildman–Crippen LogP) is 4.43. The highest BCUT2D eigenvalue weighted by Crippen LogP contribution is 2.34. The number of esters is 2. The van der Waals surface area contributed by atoms with Gasteiger partial charge in [-0.2, -0.15) is 0 Å². The van der Waals surface area contributed by atoms with Crippen molar-refractivity contribution in [3.63, 3.8) is 0 Å². The lowest BCUT2D eigenvalue weighted by Gasteiger charge is -2.17. The number of rotatable bonds is 1. The molecule has 4 heteroatoms. The van der Waals surface area contributed by atoms with E-state index in [1.807, 2.05) is 6.08 Å². The molecule has 0 N–H and O–H groups in total. The van der Waals surface area contributed by atoms with Crippen molar-refractivity contribution in [3.8, 4) is 0 Å². The second-order valence-electron chi connectivity index (χ2n) is 6.91. The molecule has 1 heterocycles. The molecule has 25 heavy (non-hydrogen) atoms. The van der Waals surface area contributed by atoms with E-state index < -0.39 is 0 Å². The van der Waals surface area contributed by atoms with Crippen molar-refractivity contribution in [3.05, 3.63) is 47.1 Å². The van der Waals surface area contributed by atoms with Crippen LogP contribution in [0.25, 0.3) is 0 Å². The molecule has 0 aromatic rings. The van der Waals surface area contributed by atoms with Crippen molar-refractivity contribution in [1.82, 2.24) is 0 Å². The first-order valence-corrected chi connectivity index (χ1v) is 8.90. The molecule has 0 aromatic carbocycles. The van der Waals surface area contributed by atoms with Crippen LogP contribution in [-0.2, 0) is 19.1 Å². The fraction of sp³-hybridized carbons (Fsp3) is 0.524. The molecule has 0 unspecified atom stereocenters. The van der Waals surface area contributed by atoms with Gasteiger partial charge in [-0.05, 0) is 46.0 Å². The summed E-state index contributed by atoms with van der Waals surface area (Å²) < 4.78 is 10.4. The standard InChI is InChI=1S/C21H28O4/c1-14-7-5-9-15(2)13-19-18(16(3)20(22)25-19)12-11-17(10-6-8-14)21(23)24-4/h8-9,11,18-19H,3,5-7,10,12-13H2,1-2,4H3/b14-8+,15-9+,17-11-/t18-,19+/m1/s1. The third kappa shape index (κ3) is 5.18. The van der Waals surface area contributed by atoms with Gasteiger partial charge in [0.05, 0.1) is 7.11 Å². The van der Waals surface area contributed by atoms with Gasteiger partial charge in [0.1, 0.15) is 6.10 Å². The van der Waals surface area contributed by atoms with E-state index >= 15 is 0 Å². The molecule has 1 aliphatic heterocycles. The Bertz CT molecular complexity index is 636. The molecule has 1 fully saturated rings. The Morgan fingerprint density at radius 2 is 1.84 bits per heavy atom. The van der Waals surface area contributed by atoms with E-state index in [4.69, 9.17) is 9.47 Å². The van der Waals surface area contributed by atoms with E-state index in [1.165, 1.54) is 18.3 Å². The van der Waals surface area contributed by atoms with Crippen molar-refractivity contribution in [2.24, 2.45) is 5.92 Å². The van der Waals surface area contributed by atoms with Crippen LogP contribution in [0.2, 0.25) is 0 Å². The van der Waals surface area contributed by atoms with Crippen LogP contribution in [0.3, 0.4) is 0 Å². The lowest BCUT2D eigenvalue weighted by molar-refractivity contribution is -0.139. The molecule has 4 nitrogen and oxygen atoms in total. The summed E-state index contributed by atoms with van der Waals surface area (Å²) in [5.41, 5.74) is 3.70. The summed E-state index contributed by atoms with van der Waals surface area (Å²) in [4.78, 5) is 24.0. The van der Waals surface area contributed by atoms with Crippen LogP contribution in [0.5, 0.6) is 0 Å². The summed E-state index contributed by atoms with van der Waals surface area (Å²) >= 11 is 0. The fourth-order valence-corrected chi connectivity index (χ4v) is 3.36. The number of carbonyl (C=O) groups is 2. The van der Waals surface area contributed by atoms with Crippen molar-refractivity contribution in [2.75, 3.05) is 7.11 Å². The van der Waals surface area contributed by atoms with Gasteiger partial charge in [-0.1, -0.05) is 36.0 Å². The van der Waals surface area contributed by atoms with Crippen LogP contribution in [0.15, 0.2) is 47.1 Å². The molecule has 136 valence electrons. The summed E-state index contributed by atoms with van der Waals surface area (Å²) in [7, 11) is 1.40. The fourth-order valence-electron chi connectivity index (χ4n) is 3.36. The van der Waals surface area contributed by atoms with Gasteiger partial charge >= 0.3 is 11.9 Å². The molecule has 1 saturated heterocycles. The first-order valence-electron chi connectivity index (χ1n) is 8.90. The highest BCUT2D eigenvalue weighted by molar-refractivity contribution is 5.91. The minimum absolute atomic E-state index is 0.0873. The van der Waals surface area contributed by atoms with Gasteiger partial charge in [0, 0.05) is 23.5 Å². The molecule has 2 atom stereocenters. The minimum Gasteiger partial charge on any atom is -0.466 e. The van der Waals surface area contributed by atoms with E-state index in [1.54, 1.807) is 0 Å². The van der Waals surface area contributed by atoms with Crippen molar-refractivity contribution < 1.29 is 19.1 Å². The summed E-state index contributed by atoms with van der Waals surface area (Å²) in [6.07, 6.45) is 10.8. The molecule has 0 radical (unpaired) electrons. The number of hydrogen-bond acceptors (Lipinski definition) is 4. The van der Waals surface area contributed by atoms with Crippen LogP contribution in [-0.4, -0.2) is 25.2 Å². The largest absolute Gasteiger partial charge is 0.466 e. The van der Waals surface area contributed by atoms with Crippen LogP contribution >= 0.6 is 0 Å². The molecular weight excluding hydrogens is 316 g/mol. The second kappa shape index (κ2) is 8.84. The summed E-state index contributed by atoms with van der Waals surface area (Å²) in [6.45, 7) is 8.09. The molecule has 1 aliphatic carbocycles. The lowest BCUT2D eigenvalue weighted by atomic mass is 9.88. The van der Waals surface area contributed by atoms with Gasteiger partial charge in [-0.15, -0.1) is 0 Å². The van der Waals surface area contributed by atoms with Gasteiger partial charge < -0.3 is 9.47 Å². The second-order valence-corrected chi connectivity index (χ2v) is 6.91. The number of methoxy groups -OCH3 is 1. The number of carbonyl (C=O) groups excluding carboxylic acids is 2. The zero-order valence-electron chi connectivity index (χ0n) is 15.5.